The van der Waals surface area contributed by atoms with E-state index in [9.17, 15) is 0 Å². The SMILES string of the molecule is CC1CN(C)C(C)CC1NCCN1CCCC1. The van der Waals surface area contributed by atoms with Crippen molar-refractivity contribution < 1.29 is 0 Å². The van der Waals surface area contributed by atoms with Crippen LogP contribution in [-0.2, 0) is 0 Å². The van der Waals surface area contributed by atoms with Gasteiger partial charge in [-0.3, -0.25) is 0 Å². The zero-order valence-corrected chi connectivity index (χ0v) is 11.8. The van der Waals surface area contributed by atoms with Crippen molar-refractivity contribution in [3.8, 4) is 0 Å². The summed E-state index contributed by atoms with van der Waals surface area (Å²) in [5.74, 6) is 0.787. The van der Waals surface area contributed by atoms with Gasteiger partial charge in [0.1, 0.15) is 0 Å². The molecule has 0 spiro atoms. The van der Waals surface area contributed by atoms with Crippen LogP contribution in [0.2, 0.25) is 0 Å². The molecule has 3 nitrogen and oxygen atoms in total. The van der Waals surface area contributed by atoms with Crippen LogP contribution in [-0.4, -0.2) is 61.7 Å². The monoisotopic (exact) mass is 239 g/mol. The Morgan fingerprint density at radius 2 is 1.88 bits per heavy atom. The number of likely N-dealkylation sites (tertiary alicyclic amines) is 2. The van der Waals surface area contributed by atoms with Gasteiger partial charge in [0.15, 0.2) is 0 Å². The Morgan fingerprint density at radius 1 is 1.18 bits per heavy atom. The van der Waals surface area contributed by atoms with E-state index in [0.29, 0.717) is 0 Å². The highest BCUT2D eigenvalue weighted by Crippen LogP contribution is 2.20. The molecule has 0 saturated carbocycles. The first-order valence-corrected chi connectivity index (χ1v) is 7.33. The average molecular weight is 239 g/mol. The molecule has 2 aliphatic rings. The number of piperidine rings is 1. The standard InChI is InChI=1S/C14H29N3/c1-12-11-16(3)13(2)10-14(12)15-6-9-17-7-4-5-8-17/h12-15H,4-11H2,1-3H3. The first-order chi connectivity index (χ1) is 8.16. The van der Waals surface area contributed by atoms with Crippen molar-refractivity contribution in [2.45, 2.75) is 45.2 Å². The van der Waals surface area contributed by atoms with Gasteiger partial charge in [0.05, 0.1) is 0 Å². The Kier molecular flexibility index (Phi) is 4.83. The zero-order valence-electron chi connectivity index (χ0n) is 11.8. The summed E-state index contributed by atoms with van der Waals surface area (Å²) in [6.07, 6.45) is 4.11. The van der Waals surface area contributed by atoms with E-state index in [1.807, 2.05) is 0 Å². The van der Waals surface area contributed by atoms with Gasteiger partial charge in [0.25, 0.3) is 0 Å². The summed E-state index contributed by atoms with van der Waals surface area (Å²) in [7, 11) is 2.25. The highest BCUT2D eigenvalue weighted by Gasteiger charge is 2.28. The zero-order chi connectivity index (χ0) is 12.3. The lowest BCUT2D eigenvalue weighted by atomic mass is 9.90. The van der Waals surface area contributed by atoms with Gasteiger partial charge in [-0.05, 0) is 52.2 Å². The highest BCUT2D eigenvalue weighted by molar-refractivity contribution is 4.86. The lowest BCUT2D eigenvalue weighted by Crippen LogP contribution is -2.51. The Balaban J connectivity index is 1.67. The minimum Gasteiger partial charge on any atom is -0.312 e. The van der Waals surface area contributed by atoms with Crippen LogP contribution in [0.1, 0.15) is 33.1 Å². The predicted octanol–water partition coefficient (Wildman–Crippen LogP) is 1.40. The molecule has 3 heteroatoms. The van der Waals surface area contributed by atoms with Crippen molar-refractivity contribution in [3.63, 3.8) is 0 Å². The Hall–Kier alpha value is -0.120. The van der Waals surface area contributed by atoms with Gasteiger partial charge >= 0.3 is 0 Å². The van der Waals surface area contributed by atoms with Gasteiger partial charge in [-0.25, -0.2) is 0 Å². The second kappa shape index (κ2) is 6.17. The summed E-state index contributed by atoms with van der Waals surface area (Å²) in [5, 5.41) is 3.78. The van der Waals surface area contributed by atoms with Gasteiger partial charge in [-0.1, -0.05) is 6.92 Å². The first-order valence-electron chi connectivity index (χ1n) is 7.33. The van der Waals surface area contributed by atoms with Crippen LogP contribution in [0.25, 0.3) is 0 Å². The van der Waals surface area contributed by atoms with Crippen LogP contribution in [0.5, 0.6) is 0 Å². The number of nitrogens with one attached hydrogen (secondary N) is 1. The molecule has 0 bridgehead atoms. The number of hydrogen-bond acceptors (Lipinski definition) is 3. The molecule has 1 N–H and O–H groups in total. The lowest BCUT2D eigenvalue weighted by molar-refractivity contribution is 0.120. The predicted molar refractivity (Wildman–Crippen MR) is 73.3 cm³/mol. The van der Waals surface area contributed by atoms with Gasteiger partial charge in [-0.15, -0.1) is 0 Å². The number of hydrogen-bond donors (Lipinski definition) is 1. The van der Waals surface area contributed by atoms with Gasteiger partial charge in [-0.2, -0.15) is 0 Å². The lowest BCUT2D eigenvalue weighted by Gasteiger charge is -2.40. The summed E-state index contributed by atoms with van der Waals surface area (Å²) in [4.78, 5) is 5.08. The molecule has 0 aromatic carbocycles. The van der Waals surface area contributed by atoms with Crippen molar-refractivity contribution >= 4 is 0 Å². The van der Waals surface area contributed by atoms with Crippen LogP contribution in [0.3, 0.4) is 0 Å². The normalized spacial score (nSPS) is 36.5. The third-order valence-corrected chi connectivity index (χ3v) is 4.64. The highest BCUT2D eigenvalue weighted by atomic mass is 15.2. The first kappa shape index (κ1) is 13.3. The Labute approximate surface area is 107 Å². The fraction of sp³-hybridized carbons (Fsp3) is 1.00. The molecule has 0 aromatic rings. The minimum absolute atomic E-state index is 0.726. The van der Waals surface area contributed by atoms with Crippen LogP contribution >= 0.6 is 0 Å². The van der Waals surface area contributed by atoms with E-state index in [-0.39, 0.29) is 0 Å². The van der Waals surface area contributed by atoms with Crippen molar-refractivity contribution in [2.24, 2.45) is 5.92 Å². The summed E-state index contributed by atoms with van der Waals surface area (Å²) in [5.41, 5.74) is 0. The molecule has 3 unspecified atom stereocenters. The average Bonchev–Trinajstić information content (AvgIpc) is 2.78. The molecular weight excluding hydrogens is 210 g/mol. The summed E-state index contributed by atoms with van der Waals surface area (Å²) in [6.45, 7) is 11.0. The molecular formula is C14H29N3. The molecule has 0 radical (unpaired) electrons. The molecule has 100 valence electrons. The van der Waals surface area contributed by atoms with E-state index >= 15 is 0 Å². The van der Waals surface area contributed by atoms with Crippen molar-refractivity contribution in [1.82, 2.24) is 15.1 Å². The van der Waals surface area contributed by atoms with Gasteiger partial charge in [0.2, 0.25) is 0 Å². The number of nitrogens with zero attached hydrogens (tertiary/aromatic N) is 2. The molecule has 17 heavy (non-hydrogen) atoms. The quantitative estimate of drug-likeness (QED) is 0.800. The second-order valence-corrected chi connectivity index (χ2v) is 6.11. The molecule has 0 amide bonds. The molecule has 2 fully saturated rings. The van der Waals surface area contributed by atoms with E-state index in [2.05, 4.69) is 36.0 Å². The van der Waals surface area contributed by atoms with Crippen molar-refractivity contribution in [1.29, 1.82) is 0 Å². The second-order valence-electron chi connectivity index (χ2n) is 6.11. The fourth-order valence-electron chi connectivity index (χ4n) is 3.24. The summed E-state index contributed by atoms with van der Waals surface area (Å²) in [6, 6.07) is 1.46. The molecule has 2 heterocycles. The van der Waals surface area contributed by atoms with Crippen molar-refractivity contribution in [3.05, 3.63) is 0 Å². The molecule has 0 aromatic heterocycles. The molecule has 2 aliphatic heterocycles. The van der Waals surface area contributed by atoms with E-state index in [4.69, 9.17) is 0 Å². The summed E-state index contributed by atoms with van der Waals surface area (Å²) < 4.78 is 0. The third kappa shape index (κ3) is 3.67. The molecule has 2 saturated heterocycles. The minimum atomic E-state index is 0.726. The van der Waals surface area contributed by atoms with Crippen LogP contribution < -0.4 is 5.32 Å². The van der Waals surface area contributed by atoms with E-state index in [0.717, 1.165) is 18.0 Å². The van der Waals surface area contributed by atoms with Gasteiger partial charge in [0, 0.05) is 31.7 Å². The Morgan fingerprint density at radius 3 is 2.59 bits per heavy atom. The molecule has 3 atom stereocenters. The maximum atomic E-state index is 3.78. The van der Waals surface area contributed by atoms with E-state index in [1.54, 1.807) is 0 Å². The van der Waals surface area contributed by atoms with Crippen LogP contribution in [0.15, 0.2) is 0 Å². The van der Waals surface area contributed by atoms with Gasteiger partial charge < -0.3 is 15.1 Å². The van der Waals surface area contributed by atoms with Crippen LogP contribution in [0.4, 0.5) is 0 Å². The summed E-state index contributed by atoms with van der Waals surface area (Å²) >= 11 is 0. The fourth-order valence-corrected chi connectivity index (χ4v) is 3.24. The third-order valence-electron chi connectivity index (χ3n) is 4.64. The molecule has 2 rings (SSSR count). The smallest absolute Gasteiger partial charge is 0.0120 e. The maximum absolute atomic E-state index is 3.78. The van der Waals surface area contributed by atoms with E-state index in [1.165, 1.54) is 52.0 Å². The van der Waals surface area contributed by atoms with Crippen LogP contribution in [0, 0.1) is 5.92 Å². The van der Waals surface area contributed by atoms with E-state index < -0.39 is 0 Å². The van der Waals surface area contributed by atoms with Crippen molar-refractivity contribution in [2.75, 3.05) is 39.8 Å². The topological polar surface area (TPSA) is 18.5 Å². The molecule has 0 aliphatic carbocycles. The maximum Gasteiger partial charge on any atom is 0.0120 e. The largest absolute Gasteiger partial charge is 0.312 e. The number of rotatable bonds is 4. The Bertz CT molecular complexity index is 226.